The van der Waals surface area contributed by atoms with Crippen molar-refractivity contribution in [2.24, 2.45) is 5.73 Å². The summed E-state index contributed by atoms with van der Waals surface area (Å²) in [4.78, 5) is 2.34. The van der Waals surface area contributed by atoms with E-state index in [1.54, 1.807) is 0 Å². The molecule has 2 heteroatoms. The van der Waals surface area contributed by atoms with Crippen LogP contribution >= 0.6 is 0 Å². The van der Waals surface area contributed by atoms with Crippen LogP contribution < -0.4 is 5.73 Å². The van der Waals surface area contributed by atoms with Crippen molar-refractivity contribution >= 4 is 0 Å². The Hall–Kier alpha value is -0.860. The van der Waals surface area contributed by atoms with E-state index in [2.05, 4.69) is 57.8 Å². The minimum absolute atomic E-state index is 0.105. The zero-order valence-corrected chi connectivity index (χ0v) is 11.8. The summed E-state index contributed by atoms with van der Waals surface area (Å²) in [5.41, 5.74) is 10.2. The summed E-state index contributed by atoms with van der Waals surface area (Å²) in [6.45, 7) is 9.63. The molecule has 0 aromatic heterocycles. The summed E-state index contributed by atoms with van der Waals surface area (Å²) >= 11 is 0. The predicted molar refractivity (Wildman–Crippen MR) is 75.2 cm³/mol. The van der Waals surface area contributed by atoms with Gasteiger partial charge in [-0.3, -0.25) is 0 Å². The van der Waals surface area contributed by atoms with Crippen molar-refractivity contribution in [1.29, 1.82) is 0 Å². The lowest BCUT2D eigenvalue weighted by molar-refractivity contribution is 0.237. The van der Waals surface area contributed by atoms with Gasteiger partial charge in [0.25, 0.3) is 0 Å². The molecule has 1 aromatic carbocycles. The molecule has 0 spiro atoms. The van der Waals surface area contributed by atoms with Gasteiger partial charge in [0, 0.05) is 18.6 Å². The first-order valence-electron chi connectivity index (χ1n) is 6.48. The molecule has 96 valence electrons. The lowest BCUT2D eigenvalue weighted by Gasteiger charge is -2.27. The largest absolute Gasteiger partial charge is 0.323 e. The second-order valence-electron chi connectivity index (χ2n) is 5.16. The summed E-state index contributed by atoms with van der Waals surface area (Å²) < 4.78 is 0. The smallest absolute Gasteiger partial charge is 0.0426 e. The van der Waals surface area contributed by atoms with E-state index in [1.807, 2.05) is 0 Å². The third kappa shape index (κ3) is 3.83. The maximum Gasteiger partial charge on any atom is 0.0426 e. The summed E-state index contributed by atoms with van der Waals surface area (Å²) in [5.74, 6) is 0. The van der Waals surface area contributed by atoms with Crippen LogP contribution in [0.4, 0.5) is 0 Å². The van der Waals surface area contributed by atoms with Gasteiger partial charge in [-0.25, -0.2) is 0 Å². The Bertz CT molecular complexity index is 360. The van der Waals surface area contributed by atoms with Crippen LogP contribution in [0.1, 0.15) is 43.0 Å². The van der Waals surface area contributed by atoms with Crippen molar-refractivity contribution < 1.29 is 0 Å². The molecule has 0 saturated heterocycles. The van der Waals surface area contributed by atoms with Crippen molar-refractivity contribution in [3.05, 3.63) is 34.9 Å². The minimum atomic E-state index is 0.105. The van der Waals surface area contributed by atoms with E-state index in [0.29, 0.717) is 6.04 Å². The molecule has 17 heavy (non-hydrogen) atoms. The van der Waals surface area contributed by atoms with Crippen molar-refractivity contribution in [3.8, 4) is 0 Å². The molecule has 0 amide bonds. The van der Waals surface area contributed by atoms with E-state index < -0.39 is 0 Å². The highest BCUT2D eigenvalue weighted by Gasteiger charge is 2.14. The summed E-state index contributed by atoms with van der Waals surface area (Å²) in [6.07, 6.45) is 1.16. The molecular weight excluding hydrogens is 208 g/mol. The van der Waals surface area contributed by atoms with Crippen LogP contribution in [-0.4, -0.2) is 24.5 Å². The molecule has 0 aliphatic rings. The molecule has 2 unspecified atom stereocenters. The van der Waals surface area contributed by atoms with Crippen LogP contribution in [0.15, 0.2) is 18.2 Å². The number of aryl methyl sites for hydroxylation is 2. The summed E-state index contributed by atoms with van der Waals surface area (Å²) in [7, 11) is 2.15. The molecule has 2 N–H and O–H groups in total. The quantitative estimate of drug-likeness (QED) is 0.848. The lowest BCUT2D eigenvalue weighted by atomic mass is 9.99. The van der Waals surface area contributed by atoms with Crippen LogP contribution in [0, 0.1) is 13.8 Å². The summed E-state index contributed by atoms with van der Waals surface area (Å²) in [5, 5.41) is 0. The van der Waals surface area contributed by atoms with E-state index in [4.69, 9.17) is 5.73 Å². The fourth-order valence-electron chi connectivity index (χ4n) is 2.06. The van der Waals surface area contributed by atoms with Gasteiger partial charge in [0.05, 0.1) is 0 Å². The van der Waals surface area contributed by atoms with Gasteiger partial charge in [0.1, 0.15) is 0 Å². The second kappa shape index (κ2) is 6.18. The van der Waals surface area contributed by atoms with Gasteiger partial charge < -0.3 is 10.6 Å². The predicted octanol–water partition coefficient (Wildman–Crippen LogP) is 3.03. The van der Waals surface area contributed by atoms with Crippen molar-refractivity contribution in [3.63, 3.8) is 0 Å². The van der Waals surface area contributed by atoms with Crippen molar-refractivity contribution in [1.82, 2.24) is 4.90 Å². The monoisotopic (exact) mass is 234 g/mol. The van der Waals surface area contributed by atoms with Crippen LogP contribution in [0.25, 0.3) is 0 Å². The Kier molecular flexibility index (Phi) is 5.16. The Balaban J connectivity index is 2.75. The van der Waals surface area contributed by atoms with E-state index in [9.17, 15) is 0 Å². The third-order valence-corrected chi connectivity index (χ3v) is 3.66. The molecule has 0 fully saturated rings. The number of likely N-dealkylation sites (N-methyl/N-ethyl adjacent to an activating group) is 1. The number of hydrogen-bond donors (Lipinski definition) is 1. The van der Waals surface area contributed by atoms with Gasteiger partial charge in [0.15, 0.2) is 0 Å². The van der Waals surface area contributed by atoms with Gasteiger partial charge >= 0.3 is 0 Å². The molecule has 0 aliphatic carbocycles. The average Bonchev–Trinajstić information content (AvgIpc) is 2.30. The molecule has 2 nitrogen and oxygen atoms in total. The molecule has 0 aliphatic heterocycles. The number of nitrogens with zero attached hydrogens (tertiary/aromatic N) is 1. The first kappa shape index (κ1) is 14.2. The van der Waals surface area contributed by atoms with Crippen molar-refractivity contribution in [2.75, 3.05) is 13.6 Å². The molecule has 1 rings (SSSR count). The Labute approximate surface area is 106 Å². The van der Waals surface area contributed by atoms with Crippen molar-refractivity contribution in [2.45, 2.75) is 46.2 Å². The highest BCUT2D eigenvalue weighted by Crippen LogP contribution is 2.19. The second-order valence-corrected chi connectivity index (χ2v) is 5.16. The molecular formula is C15H26N2. The molecule has 2 atom stereocenters. The first-order chi connectivity index (χ1) is 7.95. The van der Waals surface area contributed by atoms with E-state index in [0.717, 1.165) is 13.0 Å². The van der Waals surface area contributed by atoms with Crippen LogP contribution in [0.5, 0.6) is 0 Å². The average molecular weight is 234 g/mol. The van der Waals surface area contributed by atoms with Gasteiger partial charge in [0.2, 0.25) is 0 Å². The minimum Gasteiger partial charge on any atom is -0.323 e. The lowest BCUT2D eigenvalue weighted by Crippen LogP contribution is -2.35. The highest BCUT2D eigenvalue weighted by molar-refractivity contribution is 5.33. The van der Waals surface area contributed by atoms with Gasteiger partial charge in [-0.05, 0) is 45.4 Å². The number of benzene rings is 1. The number of rotatable bonds is 5. The van der Waals surface area contributed by atoms with Crippen LogP contribution in [0.2, 0.25) is 0 Å². The van der Waals surface area contributed by atoms with Gasteiger partial charge in [-0.15, -0.1) is 0 Å². The molecule has 0 saturated carbocycles. The fraction of sp³-hybridized carbons (Fsp3) is 0.600. The maximum atomic E-state index is 6.32. The normalized spacial score (nSPS) is 15.0. The van der Waals surface area contributed by atoms with E-state index in [1.165, 1.54) is 16.7 Å². The Morgan fingerprint density at radius 3 is 2.53 bits per heavy atom. The molecule has 0 heterocycles. The molecule has 0 radical (unpaired) electrons. The molecule has 0 bridgehead atoms. The van der Waals surface area contributed by atoms with E-state index in [-0.39, 0.29) is 6.04 Å². The zero-order chi connectivity index (χ0) is 13.0. The summed E-state index contributed by atoms with van der Waals surface area (Å²) in [6, 6.07) is 7.21. The third-order valence-electron chi connectivity index (χ3n) is 3.66. The van der Waals surface area contributed by atoms with E-state index >= 15 is 0 Å². The zero-order valence-electron chi connectivity index (χ0n) is 11.8. The standard InChI is InChI=1S/C15H26N2/c1-6-13(4)17(5)10-15(16)14-9-11(2)7-8-12(14)3/h7-9,13,15H,6,10,16H2,1-5H3. The fourth-order valence-corrected chi connectivity index (χ4v) is 2.06. The van der Waals surface area contributed by atoms with Gasteiger partial charge in [-0.1, -0.05) is 30.7 Å². The SMILES string of the molecule is CCC(C)N(C)CC(N)c1cc(C)ccc1C. The van der Waals surface area contributed by atoms with Crippen LogP contribution in [0.3, 0.4) is 0 Å². The number of hydrogen-bond acceptors (Lipinski definition) is 2. The maximum absolute atomic E-state index is 6.32. The highest BCUT2D eigenvalue weighted by atomic mass is 15.1. The topological polar surface area (TPSA) is 29.3 Å². The van der Waals surface area contributed by atoms with Crippen LogP contribution in [-0.2, 0) is 0 Å². The number of nitrogens with two attached hydrogens (primary N) is 1. The first-order valence-corrected chi connectivity index (χ1v) is 6.48. The Morgan fingerprint density at radius 2 is 1.94 bits per heavy atom. The van der Waals surface area contributed by atoms with Gasteiger partial charge in [-0.2, -0.15) is 0 Å². The Morgan fingerprint density at radius 1 is 1.29 bits per heavy atom. The molecule has 1 aromatic rings.